The highest BCUT2D eigenvalue weighted by Gasteiger charge is 2.18. The van der Waals surface area contributed by atoms with E-state index in [-0.39, 0.29) is 11.7 Å². The molecule has 1 atom stereocenters. The lowest BCUT2D eigenvalue weighted by Crippen LogP contribution is -2.36. The third kappa shape index (κ3) is 3.96. The minimum absolute atomic E-state index is 0.188. The molecule has 0 unspecified atom stereocenters. The highest BCUT2D eigenvalue weighted by atomic mass is 19.1. The molecule has 0 aliphatic carbocycles. The Balaban J connectivity index is 2.07. The number of benzene rings is 1. The SMILES string of the molecule is C#CC[C@H](C)OC(=O)c1ccc(N2CCOCC2)c(F)c1. The standard InChI is InChI=1S/C16H18FNO3/c1-3-4-12(2)21-16(19)13-5-6-15(14(17)11-13)18-7-9-20-10-8-18/h1,5-6,11-12H,4,7-10H2,2H3/t12-/m0/s1. The summed E-state index contributed by atoms with van der Waals surface area (Å²) in [6.45, 7) is 4.13. The minimum atomic E-state index is -0.565. The van der Waals surface area contributed by atoms with E-state index in [4.69, 9.17) is 15.9 Å². The zero-order valence-corrected chi connectivity index (χ0v) is 12.0. The molecule has 1 heterocycles. The molecule has 5 heteroatoms. The minimum Gasteiger partial charge on any atom is -0.458 e. The number of rotatable bonds is 4. The molecule has 0 N–H and O–H groups in total. The number of nitrogens with zero attached hydrogens (tertiary/aromatic N) is 1. The van der Waals surface area contributed by atoms with Crippen LogP contribution in [-0.4, -0.2) is 38.4 Å². The lowest BCUT2D eigenvalue weighted by atomic mass is 10.1. The van der Waals surface area contributed by atoms with Gasteiger partial charge in [0.25, 0.3) is 0 Å². The number of anilines is 1. The molecule has 0 spiro atoms. The van der Waals surface area contributed by atoms with Crippen LogP contribution in [-0.2, 0) is 9.47 Å². The fourth-order valence-electron chi connectivity index (χ4n) is 2.15. The number of hydrogen-bond donors (Lipinski definition) is 0. The van der Waals surface area contributed by atoms with E-state index in [0.29, 0.717) is 38.4 Å². The van der Waals surface area contributed by atoms with Crippen molar-refractivity contribution in [2.24, 2.45) is 0 Å². The summed E-state index contributed by atoms with van der Waals surface area (Å²) in [4.78, 5) is 13.8. The van der Waals surface area contributed by atoms with Gasteiger partial charge in [0, 0.05) is 19.5 Å². The van der Waals surface area contributed by atoms with Gasteiger partial charge >= 0.3 is 5.97 Å². The van der Waals surface area contributed by atoms with Gasteiger partial charge < -0.3 is 14.4 Å². The maximum Gasteiger partial charge on any atom is 0.338 e. The van der Waals surface area contributed by atoms with Crippen LogP contribution in [0, 0.1) is 18.2 Å². The Kier molecular flexibility index (Phi) is 5.18. The van der Waals surface area contributed by atoms with Gasteiger partial charge in [-0.1, -0.05) is 0 Å². The number of terminal acetylenes is 1. The normalized spacial score (nSPS) is 16.1. The third-order valence-corrected chi connectivity index (χ3v) is 3.25. The number of ether oxygens (including phenoxy) is 2. The summed E-state index contributed by atoms with van der Waals surface area (Å²) in [5.74, 6) is 1.42. The smallest absolute Gasteiger partial charge is 0.338 e. The Labute approximate surface area is 123 Å². The van der Waals surface area contributed by atoms with Gasteiger partial charge in [-0.05, 0) is 25.1 Å². The zero-order valence-electron chi connectivity index (χ0n) is 12.0. The van der Waals surface area contributed by atoms with Crippen LogP contribution in [0.1, 0.15) is 23.7 Å². The summed E-state index contributed by atoms with van der Waals surface area (Å²) in [6.07, 6.45) is 5.10. The molecule has 0 radical (unpaired) electrons. The molecule has 0 aromatic heterocycles. The molecule has 112 valence electrons. The first-order chi connectivity index (χ1) is 10.1. The van der Waals surface area contributed by atoms with Crippen LogP contribution in [0.4, 0.5) is 10.1 Å². The number of morpholine rings is 1. The van der Waals surface area contributed by atoms with Crippen molar-refractivity contribution < 1.29 is 18.7 Å². The Hall–Kier alpha value is -2.06. The molecule has 21 heavy (non-hydrogen) atoms. The third-order valence-electron chi connectivity index (χ3n) is 3.25. The maximum absolute atomic E-state index is 14.2. The molecule has 1 aromatic rings. The van der Waals surface area contributed by atoms with E-state index < -0.39 is 11.8 Å². The lowest BCUT2D eigenvalue weighted by molar-refractivity contribution is 0.0351. The van der Waals surface area contributed by atoms with Gasteiger partial charge in [-0.15, -0.1) is 12.3 Å². The Morgan fingerprint density at radius 3 is 2.86 bits per heavy atom. The molecule has 4 nitrogen and oxygen atoms in total. The van der Waals surface area contributed by atoms with Crippen molar-refractivity contribution in [3.63, 3.8) is 0 Å². The molecule has 1 aromatic carbocycles. The van der Waals surface area contributed by atoms with Crippen LogP contribution >= 0.6 is 0 Å². The van der Waals surface area contributed by atoms with Gasteiger partial charge in [0.1, 0.15) is 11.9 Å². The Morgan fingerprint density at radius 2 is 2.24 bits per heavy atom. The van der Waals surface area contributed by atoms with E-state index in [1.165, 1.54) is 6.07 Å². The fraction of sp³-hybridized carbons (Fsp3) is 0.438. The van der Waals surface area contributed by atoms with Crippen LogP contribution < -0.4 is 4.90 Å². The van der Waals surface area contributed by atoms with Crippen molar-refractivity contribution in [2.75, 3.05) is 31.2 Å². The van der Waals surface area contributed by atoms with E-state index in [0.717, 1.165) is 0 Å². The quantitative estimate of drug-likeness (QED) is 0.630. The van der Waals surface area contributed by atoms with E-state index in [2.05, 4.69) is 5.92 Å². The van der Waals surface area contributed by atoms with Crippen molar-refractivity contribution in [1.29, 1.82) is 0 Å². The molecule has 1 fully saturated rings. The van der Waals surface area contributed by atoms with Crippen LogP contribution in [0.25, 0.3) is 0 Å². The van der Waals surface area contributed by atoms with Crippen LogP contribution in [0.3, 0.4) is 0 Å². The Morgan fingerprint density at radius 1 is 1.52 bits per heavy atom. The lowest BCUT2D eigenvalue weighted by Gasteiger charge is -2.29. The molecule has 1 saturated heterocycles. The fourth-order valence-corrected chi connectivity index (χ4v) is 2.15. The second-order valence-electron chi connectivity index (χ2n) is 4.89. The van der Waals surface area contributed by atoms with Crippen molar-refractivity contribution in [3.8, 4) is 12.3 Å². The molecule has 0 amide bonds. The number of carbonyl (C=O) groups is 1. The summed E-state index contributed by atoms with van der Waals surface area (Å²) in [7, 11) is 0. The first-order valence-corrected chi connectivity index (χ1v) is 6.88. The molecular weight excluding hydrogens is 273 g/mol. The Bertz CT molecular complexity index is 547. The van der Waals surface area contributed by atoms with Crippen LogP contribution in [0.2, 0.25) is 0 Å². The number of halogens is 1. The summed E-state index contributed by atoms with van der Waals surface area (Å²) < 4.78 is 24.5. The van der Waals surface area contributed by atoms with Crippen molar-refractivity contribution >= 4 is 11.7 Å². The maximum atomic E-state index is 14.2. The predicted octanol–water partition coefficient (Wildman–Crippen LogP) is 2.23. The summed E-state index contributed by atoms with van der Waals surface area (Å²) in [5.41, 5.74) is 0.667. The van der Waals surface area contributed by atoms with Gasteiger partial charge in [0.05, 0.1) is 24.5 Å². The van der Waals surface area contributed by atoms with E-state index >= 15 is 0 Å². The van der Waals surface area contributed by atoms with Crippen LogP contribution in [0.15, 0.2) is 18.2 Å². The average molecular weight is 291 g/mol. The second-order valence-corrected chi connectivity index (χ2v) is 4.89. The predicted molar refractivity (Wildman–Crippen MR) is 77.8 cm³/mol. The molecular formula is C16H18FNO3. The first-order valence-electron chi connectivity index (χ1n) is 6.88. The van der Waals surface area contributed by atoms with E-state index in [1.807, 2.05) is 4.90 Å². The van der Waals surface area contributed by atoms with Crippen molar-refractivity contribution in [2.45, 2.75) is 19.4 Å². The second kappa shape index (κ2) is 7.09. The summed E-state index contributed by atoms with van der Waals surface area (Å²) in [6, 6.07) is 4.37. The average Bonchev–Trinajstić information content (AvgIpc) is 2.48. The summed E-state index contributed by atoms with van der Waals surface area (Å²) >= 11 is 0. The number of esters is 1. The number of carbonyl (C=O) groups excluding carboxylic acids is 1. The monoisotopic (exact) mass is 291 g/mol. The van der Waals surface area contributed by atoms with Gasteiger partial charge in [0.15, 0.2) is 0 Å². The van der Waals surface area contributed by atoms with E-state index in [9.17, 15) is 9.18 Å². The topological polar surface area (TPSA) is 38.8 Å². The van der Waals surface area contributed by atoms with Gasteiger partial charge in [0.2, 0.25) is 0 Å². The molecule has 2 rings (SSSR count). The molecule has 0 saturated carbocycles. The highest BCUT2D eigenvalue weighted by molar-refractivity contribution is 5.90. The largest absolute Gasteiger partial charge is 0.458 e. The summed E-state index contributed by atoms with van der Waals surface area (Å²) in [5, 5.41) is 0. The van der Waals surface area contributed by atoms with Crippen molar-refractivity contribution in [3.05, 3.63) is 29.6 Å². The van der Waals surface area contributed by atoms with E-state index in [1.54, 1.807) is 19.1 Å². The first kappa shape index (κ1) is 15.3. The van der Waals surface area contributed by atoms with Crippen LogP contribution in [0.5, 0.6) is 0 Å². The van der Waals surface area contributed by atoms with Gasteiger partial charge in [-0.3, -0.25) is 0 Å². The molecule has 1 aliphatic heterocycles. The van der Waals surface area contributed by atoms with Gasteiger partial charge in [-0.25, -0.2) is 9.18 Å². The van der Waals surface area contributed by atoms with Crippen molar-refractivity contribution in [1.82, 2.24) is 0 Å². The van der Waals surface area contributed by atoms with Gasteiger partial charge in [-0.2, -0.15) is 0 Å². The molecule has 0 bridgehead atoms. The highest BCUT2D eigenvalue weighted by Crippen LogP contribution is 2.22. The molecule has 1 aliphatic rings. The number of hydrogen-bond acceptors (Lipinski definition) is 4. The zero-order chi connectivity index (χ0) is 15.2.